The van der Waals surface area contributed by atoms with Crippen LogP contribution in [-0.4, -0.2) is 9.97 Å². The summed E-state index contributed by atoms with van der Waals surface area (Å²) in [4.78, 5) is 8.61. The average Bonchev–Trinajstić information content (AvgIpc) is 2.15. The minimum Gasteiger partial charge on any atom is -0.241 e. The molecule has 0 atom stereocenters. The molecule has 0 saturated carbocycles. The molecule has 1 heterocycles. The summed E-state index contributed by atoms with van der Waals surface area (Å²) in [7, 11) is 0. The maximum atomic E-state index is 4.39. The average molecular weight is 200 g/mol. The second-order valence-electron chi connectivity index (χ2n) is 4.94. The molecule has 0 bridgehead atoms. The molecule has 0 N–H and O–H groups in total. The predicted molar refractivity (Wildman–Crippen MR) is 63.0 cm³/mol. The monoisotopic (exact) mass is 200 g/mol. The van der Waals surface area contributed by atoms with Crippen LogP contribution in [0.15, 0.2) is 24.4 Å². The SMILES string of the molecule is Cc1ncc2cc(C(C)(C)C)ccc2n1. The molecule has 0 aliphatic rings. The third-order valence-electron chi connectivity index (χ3n) is 2.57. The van der Waals surface area contributed by atoms with Crippen LogP contribution in [0.5, 0.6) is 0 Å². The summed E-state index contributed by atoms with van der Waals surface area (Å²) in [5.41, 5.74) is 2.52. The molecular weight excluding hydrogens is 184 g/mol. The Bertz CT molecular complexity index is 495. The van der Waals surface area contributed by atoms with Crippen LogP contribution in [0, 0.1) is 6.92 Å². The van der Waals surface area contributed by atoms with Crippen molar-refractivity contribution in [2.24, 2.45) is 0 Å². The van der Waals surface area contributed by atoms with Crippen LogP contribution in [0.25, 0.3) is 10.9 Å². The van der Waals surface area contributed by atoms with Crippen molar-refractivity contribution in [1.82, 2.24) is 9.97 Å². The van der Waals surface area contributed by atoms with Gasteiger partial charge in [0.1, 0.15) is 5.82 Å². The van der Waals surface area contributed by atoms with Crippen molar-refractivity contribution in [2.45, 2.75) is 33.1 Å². The summed E-state index contributed by atoms with van der Waals surface area (Å²) in [5, 5.41) is 1.12. The molecule has 0 fully saturated rings. The van der Waals surface area contributed by atoms with Crippen LogP contribution in [0.1, 0.15) is 32.2 Å². The Morgan fingerprint density at radius 2 is 1.87 bits per heavy atom. The number of aromatic nitrogens is 2. The van der Waals surface area contributed by atoms with Crippen LogP contribution in [0.4, 0.5) is 0 Å². The van der Waals surface area contributed by atoms with Crippen LogP contribution in [0.2, 0.25) is 0 Å². The van der Waals surface area contributed by atoms with Crippen molar-refractivity contribution >= 4 is 10.9 Å². The first-order chi connectivity index (χ1) is 6.97. The predicted octanol–water partition coefficient (Wildman–Crippen LogP) is 3.24. The van der Waals surface area contributed by atoms with Gasteiger partial charge in [-0.3, -0.25) is 0 Å². The third-order valence-corrected chi connectivity index (χ3v) is 2.57. The molecule has 2 heteroatoms. The summed E-state index contributed by atoms with van der Waals surface area (Å²) in [6.45, 7) is 8.55. The number of hydrogen-bond donors (Lipinski definition) is 0. The molecule has 0 aliphatic heterocycles. The van der Waals surface area contributed by atoms with Crippen molar-refractivity contribution < 1.29 is 0 Å². The van der Waals surface area contributed by atoms with E-state index < -0.39 is 0 Å². The van der Waals surface area contributed by atoms with Crippen molar-refractivity contribution in [3.8, 4) is 0 Å². The fraction of sp³-hybridized carbons (Fsp3) is 0.385. The van der Waals surface area contributed by atoms with Crippen LogP contribution < -0.4 is 0 Å². The van der Waals surface area contributed by atoms with Gasteiger partial charge in [-0.2, -0.15) is 0 Å². The molecule has 78 valence electrons. The van der Waals surface area contributed by atoms with Crippen molar-refractivity contribution in [3.63, 3.8) is 0 Å². The minimum atomic E-state index is 0.180. The van der Waals surface area contributed by atoms with Gasteiger partial charge in [0.05, 0.1) is 5.52 Å². The highest BCUT2D eigenvalue weighted by molar-refractivity contribution is 5.78. The van der Waals surface area contributed by atoms with E-state index in [1.54, 1.807) is 0 Å². The Balaban J connectivity index is 2.62. The molecule has 2 nitrogen and oxygen atoms in total. The van der Waals surface area contributed by atoms with Gasteiger partial charge in [-0.15, -0.1) is 0 Å². The summed E-state index contributed by atoms with van der Waals surface area (Å²) >= 11 is 0. The van der Waals surface area contributed by atoms with Gasteiger partial charge in [0.15, 0.2) is 0 Å². The Morgan fingerprint density at radius 3 is 2.53 bits per heavy atom. The van der Waals surface area contributed by atoms with Crippen LogP contribution in [-0.2, 0) is 5.41 Å². The van der Waals surface area contributed by atoms with Gasteiger partial charge >= 0.3 is 0 Å². The highest BCUT2D eigenvalue weighted by Crippen LogP contribution is 2.24. The summed E-state index contributed by atoms with van der Waals surface area (Å²) in [5.74, 6) is 0.825. The molecule has 2 aromatic rings. The molecule has 0 aliphatic carbocycles. The quantitative estimate of drug-likeness (QED) is 0.652. The van der Waals surface area contributed by atoms with Gasteiger partial charge in [0, 0.05) is 11.6 Å². The van der Waals surface area contributed by atoms with Gasteiger partial charge in [-0.05, 0) is 30.0 Å². The van der Waals surface area contributed by atoms with Crippen LogP contribution >= 0.6 is 0 Å². The summed E-state index contributed by atoms with van der Waals surface area (Å²) < 4.78 is 0. The second-order valence-corrected chi connectivity index (χ2v) is 4.94. The molecule has 0 unspecified atom stereocenters. The third kappa shape index (κ3) is 1.99. The molecule has 15 heavy (non-hydrogen) atoms. The fourth-order valence-electron chi connectivity index (χ4n) is 1.59. The first-order valence-electron chi connectivity index (χ1n) is 5.21. The van der Waals surface area contributed by atoms with E-state index in [-0.39, 0.29) is 5.41 Å². The lowest BCUT2D eigenvalue weighted by atomic mass is 9.86. The van der Waals surface area contributed by atoms with E-state index in [0.29, 0.717) is 0 Å². The van der Waals surface area contributed by atoms with Crippen molar-refractivity contribution in [1.29, 1.82) is 0 Å². The first kappa shape index (κ1) is 10.1. The van der Waals surface area contributed by atoms with E-state index in [1.807, 2.05) is 13.1 Å². The van der Waals surface area contributed by atoms with Gasteiger partial charge in [-0.25, -0.2) is 9.97 Å². The Labute approximate surface area is 90.4 Å². The maximum absolute atomic E-state index is 4.39. The maximum Gasteiger partial charge on any atom is 0.125 e. The van der Waals surface area contributed by atoms with E-state index in [9.17, 15) is 0 Å². The molecule has 0 spiro atoms. The zero-order valence-corrected chi connectivity index (χ0v) is 9.70. The van der Waals surface area contributed by atoms with Gasteiger partial charge in [-0.1, -0.05) is 26.8 Å². The standard InChI is InChI=1S/C13H16N2/c1-9-14-8-10-7-11(13(2,3)4)5-6-12(10)15-9/h5-8H,1-4H3. The van der Waals surface area contributed by atoms with Crippen molar-refractivity contribution in [2.75, 3.05) is 0 Å². The zero-order chi connectivity index (χ0) is 11.1. The molecular formula is C13H16N2. The van der Waals surface area contributed by atoms with E-state index in [2.05, 4.69) is 48.9 Å². The highest BCUT2D eigenvalue weighted by Gasteiger charge is 2.13. The normalized spacial score (nSPS) is 12.0. The molecule has 2 rings (SSSR count). The van der Waals surface area contributed by atoms with E-state index in [4.69, 9.17) is 0 Å². The number of rotatable bonds is 0. The van der Waals surface area contributed by atoms with E-state index >= 15 is 0 Å². The van der Waals surface area contributed by atoms with Gasteiger partial charge in [0.25, 0.3) is 0 Å². The number of nitrogens with zero attached hydrogens (tertiary/aromatic N) is 2. The van der Waals surface area contributed by atoms with E-state index in [0.717, 1.165) is 16.7 Å². The smallest absolute Gasteiger partial charge is 0.125 e. The topological polar surface area (TPSA) is 25.8 Å². The number of benzene rings is 1. The lowest BCUT2D eigenvalue weighted by Gasteiger charge is -2.19. The molecule has 1 aromatic heterocycles. The van der Waals surface area contributed by atoms with Gasteiger partial charge in [0.2, 0.25) is 0 Å². The van der Waals surface area contributed by atoms with Crippen LogP contribution in [0.3, 0.4) is 0 Å². The lowest BCUT2D eigenvalue weighted by Crippen LogP contribution is -2.10. The van der Waals surface area contributed by atoms with E-state index in [1.165, 1.54) is 5.56 Å². The second kappa shape index (κ2) is 3.30. The van der Waals surface area contributed by atoms with Crippen molar-refractivity contribution in [3.05, 3.63) is 35.8 Å². The molecule has 0 saturated heterocycles. The largest absolute Gasteiger partial charge is 0.241 e. The number of fused-ring (bicyclic) bond motifs is 1. The minimum absolute atomic E-state index is 0.180. The molecule has 0 amide bonds. The molecule has 1 aromatic carbocycles. The Hall–Kier alpha value is -1.44. The molecule has 0 radical (unpaired) electrons. The lowest BCUT2D eigenvalue weighted by molar-refractivity contribution is 0.591. The highest BCUT2D eigenvalue weighted by atomic mass is 14.9. The zero-order valence-electron chi connectivity index (χ0n) is 9.70. The first-order valence-corrected chi connectivity index (χ1v) is 5.21. The summed E-state index contributed by atoms with van der Waals surface area (Å²) in [6, 6.07) is 6.40. The van der Waals surface area contributed by atoms with Gasteiger partial charge < -0.3 is 0 Å². The Kier molecular flexibility index (Phi) is 2.22. The fourth-order valence-corrected chi connectivity index (χ4v) is 1.59. The number of aryl methyl sites for hydroxylation is 1. The number of hydrogen-bond acceptors (Lipinski definition) is 2. The Morgan fingerprint density at radius 1 is 1.13 bits per heavy atom. The summed E-state index contributed by atoms with van der Waals surface area (Å²) in [6.07, 6.45) is 1.90.